The van der Waals surface area contributed by atoms with Crippen molar-refractivity contribution in [2.24, 2.45) is 0 Å². The normalized spacial score (nSPS) is 11.5. The summed E-state index contributed by atoms with van der Waals surface area (Å²) in [5.41, 5.74) is 0. The first-order valence-corrected chi connectivity index (χ1v) is 6.48. The molecule has 0 bridgehead atoms. The van der Waals surface area contributed by atoms with Crippen molar-refractivity contribution in [3.8, 4) is 5.75 Å². The fourth-order valence-electron chi connectivity index (χ4n) is 1.25. The molecule has 0 fully saturated rings. The Bertz CT molecular complexity index is 503. The highest BCUT2D eigenvalue weighted by molar-refractivity contribution is 7.91. The molecule has 17 heavy (non-hydrogen) atoms. The molecule has 0 radical (unpaired) electrons. The van der Waals surface area contributed by atoms with E-state index in [0.717, 1.165) is 6.07 Å². The van der Waals surface area contributed by atoms with E-state index in [1.807, 2.05) is 0 Å². The van der Waals surface area contributed by atoms with Crippen LogP contribution in [0.5, 0.6) is 5.75 Å². The molecule has 0 unspecified atom stereocenters. The molecular weight excluding hydrogens is 252 g/mol. The Hall–Kier alpha value is -1.21. The van der Waals surface area contributed by atoms with Crippen molar-refractivity contribution in [2.45, 2.75) is 4.90 Å². The fourth-order valence-corrected chi connectivity index (χ4v) is 2.58. The van der Waals surface area contributed by atoms with E-state index in [9.17, 15) is 17.2 Å². The van der Waals surface area contributed by atoms with Crippen LogP contribution >= 0.6 is 0 Å². The average molecular weight is 265 g/mol. The van der Waals surface area contributed by atoms with Crippen LogP contribution in [0.15, 0.2) is 17.0 Å². The number of methoxy groups -OCH3 is 1. The van der Waals surface area contributed by atoms with Crippen LogP contribution in [-0.4, -0.2) is 34.9 Å². The molecule has 0 aliphatic rings. The van der Waals surface area contributed by atoms with Crippen molar-refractivity contribution in [3.05, 3.63) is 23.8 Å². The summed E-state index contributed by atoms with van der Waals surface area (Å²) >= 11 is 0. The molecule has 0 atom stereocenters. The Kier molecular flexibility index (Phi) is 4.41. The van der Waals surface area contributed by atoms with Crippen LogP contribution in [-0.2, 0) is 9.84 Å². The van der Waals surface area contributed by atoms with Crippen molar-refractivity contribution in [2.75, 3.05) is 26.5 Å². The molecule has 96 valence electrons. The van der Waals surface area contributed by atoms with Crippen molar-refractivity contribution >= 4 is 9.84 Å². The van der Waals surface area contributed by atoms with Crippen molar-refractivity contribution in [1.82, 2.24) is 5.32 Å². The maximum atomic E-state index is 13.5. The maximum Gasteiger partial charge on any atom is 0.182 e. The Balaban J connectivity index is 3.19. The van der Waals surface area contributed by atoms with Gasteiger partial charge in [-0.25, -0.2) is 17.2 Å². The van der Waals surface area contributed by atoms with Gasteiger partial charge in [-0.3, -0.25) is 0 Å². The van der Waals surface area contributed by atoms with E-state index in [0.29, 0.717) is 6.07 Å². The molecule has 4 nitrogen and oxygen atoms in total. The van der Waals surface area contributed by atoms with E-state index in [2.05, 4.69) is 10.1 Å². The Morgan fingerprint density at radius 1 is 1.29 bits per heavy atom. The zero-order chi connectivity index (χ0) is 13.1. The minimum absolute atomic E-state index is 0.162. The van der Waals surface area contributed by atoms with E-state index in [4.69, 9.17) is 0 Å². The highest BCUT2D eigenvalue weighted by Gasteiger charge is 2.21. The van der Waals surface area contributed by atoms with Gasteiger partial charge in [-0.05, 0) is 13.1 Å². The fraction of sp³-hybridized carbons (Fsp3) is 0.400. The SMILES string of the molecule is CNCCS(=O)(=O)c1cc(F)c(OC)cc1F. The number of halogens is 2. The van der Waals surface area contributed by atoms with Crippen LogP contribution in [0, 0.1) is 11.6 Å². The molecule has 0 aromatic heterocycles. The quantitative estimate of drug-likeness (QED) is 0.862. The second kappa shape index (κ2) is 5.42. The molecule has 0 amide bonds. The van der Waals surface area contributed by atoms with Crippen LogP contribution in [0.3, 0.4) is 0 Å². The number of nitrogens with one attached hydrogen (secondary N) is 1. The highest BCUT2D eigenvalue weighted by atomic mass is 32.2. The molecule has 1 rings (SSSR count). The molecular formula is C10H13F2NO3S. The summed E-state index contributed by atoms with van der Waals surface area (Å²) in [5.74, 6) is -2.54. The van der Waals surface area contributed by atoms with E-state index in [1.165, 1.54) is 7.11 Å². The van der Waals surface area contributed by atoms with Gasteiger partial charge in [0, 0.05) is 12.6 Å². The standard InChI is InChI=1S/C10H13F2NO3S/c1-13-3-4-17(14,15)10-6-7(11)9(16-2)5-8(10)12/h5-6,13H,3-4H2,1-2H3. The number of hydrogen-bond acceptors (Lipinski definition) is 4. The van der Waals surface area contributed by atoms with Crippen LogP contribution in [0.25, 0.3) is 0 Å². The number of rotatable bonds is 5. The van der Waals surface area contributed by atoms with Gasteiger partial charge in [0.2, 0.25) is 0 Å². The van der Waals surface area contributed by atoms with Gasteiger partial charge in [0.15, 0.2) is 21.4 Å². The summed E-state index contributed by atoms with van der Waals surface area (Å²) in [7, 11) is -1.09. The Morgan fingerprint density at radius 3 is 2.47 bits per heavy atom. The summed E-state index contributed by atoms with van der Waals surface area (Å²) in [5, 5.41) is 2.63. The van der Waals surface area contributed by atoms with E-state index < -0.39 is 26.4 Å². The Labute approximate surface area is 98.5 Å². The summed E-state index contributed by atoms with van der Waals surface area (Å²) < 4.78 is 54.7. The third kappa shape index (κ3) is 3.13. The number of hydrogen-bond donors (Lipinski definition) is 1. The molecule has 0 saturated carbocycles. The maximum absolute atomic E-state index is 13.5. The third-order valence-corrected chi connectivity index (χ3v) is 3.89. The van der Waals surface area contributed by atoms with Crippen molar-refractivity contribution in [3.63, 3.8) is 0 Å². The number of ether oxygens (including phenoxy) is 1. The molecule has 1 aromatic rings. The van der Waals surface area contributed by atoms with E-state index in [-0.39, 0.29) is 18.0 Å². The molecule has 0 aliphatic carbocycles. The van der Waals surface area contributed by atoms with Gasteiger partial charge in [0.05, 0.1) is 12.9 Å². The lowest BCUT2D eigenvalue weighted by atomic mass is 10.3. The molecule has 0 saturated heterocycles. The first-order chi connectivity index (χ1) is 7.92. The number of benzene rings is 1. The lowest BCUT2D eigenvalue weighted by Crippen LogP contribution is -2.20. The first kappa shape index (κ1) is 13.9. The zero-order valence-corrected chi connectivity index (χ0v) is 10.3. The molecule has 1 aromatic carbocycles. The van der Waals surface area contributed by atoms with Crippen molar-refractivity contribution in [1.29, 1.82) is 0 Å². The van der Waals surface area contributed by atoms with Crippen molar-refractivity contribution < 1.29 is 21.9 Å². The zero-order valence-electron chi connectivity index (χ0n) is 9.46. The smallest absolute Gasteiger partial charge is 0.182 e. The molecule has 1 N–H and O–H groups in total. The second-order valence-electron chi connectivity index (χ2n) is 3.34. The van der Waals surface area contributed by atoms with Gasteiger partial charge in [-0.2, -0.15) is 0 Å². The Morgan fingerprint density at radius 2 is 1.94 bits per heavy atom. The highest BCUT2D eigenvalue weighted by Crippen LogP contribution is 2.24. The van der Waals surface area contributed by atoms with E-state index >= 15 is 0 Å². The van der Waals surface area contributed by atoms with Gasteiger partial charge in [0.1, 0.15) is 10.7 Å². The minimum Gasteiger partial charge on any atom is -0.494 e. The third-order valence-electron chi connectivity index (χ3n) is 2.16. The van der Waals surface area contributed by atoms with E-state index in [1.54, 1.807) is 7.05 Å². The largest absolute Gasteiger partial charge is 0.494 e. The topological polar surface area (TPSA) is 55.4 Å². The molecule has 7 heteroatoms. The molecule has 0 spiro atoms. The summed E-state index contributed by atoms with van der Waals surface area (Å²) in [6, 6.07) is 1.36. The number of sulfone groups is 1. The first-order valence-electron chi connectivity index (χ1n) is 4.82. The van der Waals surface area contributed by atoms with Gasteiger partial charge < -0.3 is 10.1 Å². The second-order valence-corrected chi connectivity index (χ2v) is 5.42. The van der Waals surface area contributed by atoms with Crippen LogP contribution in [0.2, 0.25) is 0 Å². The average Bonchev–Trinajstić information content (AvgIpc) is 2.28. The minimum atomic E-state index is -3.83. The summed E-state index contributed by atoms with van der Waals surface area (Å²) in [4.78, 5) is -0.647. The summed E-state index contributed by atoms with van der Waals surface area (Å²) in [6.45, 7) is 0.162. The molecule has 0 heterocycles. The van der Waals surface area contributed by atoms with Crippen LogP contribution in [0.4, 0.5) is 8.78 Å². The van der Waals surface area contributed by atoms with Crippen LogP contribution < -0.4 is 10.1 Å². The van der Waals surface area contributed by atoms with Crippen LogP contribution in [0.1, 0.15) is 0 Å². The lowest BCUT2D eigenvalue weighted by Gasteiger charge is -2.08. The van der Waals surface area contributed by atoms with Gasteiger partial charge in [-0.1, -0.05) is 0 Å². The van der Waals surface area contributed by atoms with Gasteiger partial charge in [0.25, 0.3) is 0 Å². The van der Waals surface area contributed by atoms with Gasteiger partial charge >= 0.3 is 0 Å². The lowest BCUT2D eigenvalue weighted by molar-refractivity contribution is 0.380. The summed E-state index contributed by atoms with van der Waals surface area (Å²) in [6.07, 6.45) is 0. The predicted octanol–water partition coefficient (Wildman–Crippen LogP) is 0.966. The van der Waals surface area contributed by atoms with Gasteiger partial charge in [-0.15, -0.1) is 0 Å². The predicted molar refractivity (Wildman–Crippen MR) is 58.9 cm³/mol. The molecule has 0 aliphatic heterocycles. The monoisotopic (exact) mass is 265 g/mol.